The highest BCUT2D eigenvalue weighted by Crippen LogP contribution is 1.96. The maximum absolute atomic E-state index is 11.4. The van der Waals surface area contributed by atoms with Gasteiger partial charge in [0.05, 0.1) is 12.6 Å². The maximum atomic E-state index is 11.4. The van der Waals surface area contributed by atoms with Crippen LogP contribution in [0.2, 0.25) is 0 Å². The molecule has 0 amide bonds. The fourth-order valence-electron chi connectivity index (χ4n) is 0.265. The number of hydrogen-bond acceptors (Lipinski definition) is 2. The van der Waals surface area contributed by atoms with Crippen molar-refractivity contribution in [1.29, 1.82) is 0 Å². The van der Waals surface area contributed by atoms with Gasteiger partial charge in [-0.25, -0.2) is 8.78 Å². The van der Waals surface area contributed by atoms with E-state index in [0.29, 0.717) is 0 Å². The van der Waals surface area contributed by atoms with Crippen LogP contribution in [-0.4, -0.2) is 26.2 Å². The molecular formula is C4H9F2NO. The number of nitrogens with two attached hydrogens (primary N) is 1. The number of halogens is 2. The van der Waals surface area contributed by atoms with Gasteiger partial charge in [-0.2, -0.15) is 0 Å². The molecule has 0 radical (unpaired) electrons. The lowest BCUT2D eigenvalue weighted by Crippen LogP contribution is -2.33. The SMILES string of the molecule is COC[C@@H](N)C(F)F. The minimum Gasteiger partial charge on any atom is -0.383 e. The molecule has 0 spiro atoms. The molecule has 1 atom stereocenters. The Morgan fingerprint density at radius 2 is 2.12 bits per heavy atom. The highest BCUT2D eigenvalue weighted by Gasteiger charge is 2.13. The molecular weight excluding hydrogens is 116 g/mol. The van der Waals surface area contributed by atoms with Crippen LogP contribution in [0.1, 0.15) is 0 Å². The van der Waals surface area contributed by atoms with E-state index in [1.165, 1.54) is 7.11 Å². The molecule has 2 nitrogen and oxygen atoms in total. The second kappa shape index (κ2) is 3.74. The van der Waals surface area contributed by atoms with Crippen molar-refractivity contribution in [2.45, 2.75) is 12.5 Å². The average molecular weight is 125 g/mol. The van der Waals surface area contributed by atoms with Gasteiger partial charge in [0.15, 0.2) is 0 Å². The van der Waals surface area contributed by atoms with Crippen LogP contribution >= 0.6 is 0 Å². The topological polar surface area (TPSA) is 35.2 Å². The minimum absolute atomic E-state index is 0.0856. The van der Waals surface area contributed by atoms with E-state index in [9.17, 15) is 8.78 Å². The molecule has 0 aromatic carbocycles. The third kappa shape index (κ3) is 2.87. The van der Waals surface area contributed by atoms with E-state index in [1.807, 2.05) is 0 Å². The van der Waals surface area contributed by atoms with Crippen LogP contribution in [0.15, 0.2) is 0 Å². The van der Waals surface area contributed by atoms with Crippen molar-refractivity contribution in [1.82, 2.24) is 0 Å². The first-order valence-corrected chi connectivity index (χ1v) is 2.21. The molecule has 0 bridgehead atoms. The Bertz CT molecular complexity index is 60.0. The fraction of sp³-hybridized carbons (Fsp3) is 1.00. The van der Waals surface area contributed by atoms with Crippen LogP contribution in [0.25, 0.3) is 0 Å². The van der Waals surface area contributed by atoms with Gasteiger partial charge in [0.2, 0.25) is 0 Å². The van der Waals surface area contributed by atoms with Gasteiger partial charge in [-0.3, -0.25) is 0 Å². The molecule has 0 aliphatic rings. The normalized spacial score (nSPS) is 14.6. The molecule has 0 fully saturated rings. The first-order valence-electron chi connectivity index (χ1n) is 2.21. The first kappa shape index (κ1) is 7.78. The summed E-state index contributed by atoms with van der Waals surface area (Å²) in [4.78, 5) is 0. The molecule has 0 aliphatic heterocycles. The lowest BCUT2D eigenvalue weighted by molar-refractivity contribution is 0.0662. The van der Waals surface area contributed by atoms with Crippen LogP contribution in [0.3, 0.4) is 0 Å². The average Bonchev–Trinajstić information content (AvgIpc) is 1.67. The predicted octanol–water partition coefficient (Wildman–Crippen LogP) is 0.225. The van der Waals surface area contributed by atoms with Gasteiger partial charge < -0.3 is 10.5 Å². The molecule has 0 rings (SSSR count). The summed E-state index contributed by atoms with van der Waals surface area (Å²) in [7, 11) is 1.34. The summed E-state index contributed by atoms with van der Waals surface area (Å²) >= 11 is 0. The van der Waals surface area contributed by atoms with Crippen molar-refractivity contribution < 1.29 is 13.5 Å². The molecule has 2 N–H and O–H groups in total. The number of methoxy groups -OCH3 is 1. The summed E-state index contributed by atoms with van der Waals surface area (Å²) in [5, 5.41) is 0. The molecule has 4 heteroatoms. The van der Waals surface area contributed by atoms with Crippen molar-refractivity contribution in [3.63, 3.8) is 0 Å². The Labute approximate surface area is 46.6 Å². The molecule has 0 saturated heterocycles. The van der Waals surface area contributed by atoms with Gasteiger partial charge in [0, 0.05) is 7.11 Å². The predicted molar refractivity (Wildman–Crippen MR) is 25.9 cm³/mol. The summed E-state index contributed by atoms with van der Waals surface area (Å²) in [6.07, 6.45) is -2.48. The number of hydrogen-bond donors (Lipinski definition) is 1. The Balaban J connectivity index is 3.17. The van der Waals surface area contributed by atoms with Crippen LogP contribution in [0, 0.1) is 0 Å². The molecule has 0 heterocycles. The molecule has 0 aromatic rings. The van der Waals surface area contributed by atoms with Crippen molar-refractivity contribution in [2.24, 2.45) is 5.73 Å². The van der Waals surface area contributed by atoms with Crippen molar-refractivity contribution in [3.8, 4) is 0 Å². The largest absolute Gasteiger partial charge is 0.383 e. The Hall–Kier alpha value is -0.220. The van der Waals surface area contributed by atoms with Gasteiger partial charge in [-0.1, -0.05) is 0 Å². The summed E-state index contributed by atoms with van der Waals surface area (Å²) in [6, 6.07) is -1.14. The van der Waals surface area contributed by atoms with E-state index in [0.717, 1.165) is 0 Å². The van der Waals surface area contributed by atoms with Gasteiger partial charge in [0.25, 0.3) is 6.43 Å². The Kier molecular flexibility index (Phi) is 3.64. The summed E-state index contributed by atoms with van der Waals surface area (Å²) in [5.74, 6) is 0. The first-order chi connectivity index (χ1) is 3.68. The van der Waals surface area contributed by atoms with Gasteiger partial charge in [-0.05, 0) is 0 Å². The van der Waals surface area contributed by atoms with Crippen LogP contribution < -0.4 is 5.73 Å². The van der Waals surface area contributed by atoms with E-state index in [2.05, 4.69) is 4.74 Å². The maximum Gasteiger partial charge on any atom is 0.255 e. The third-order valence-electron chi connectivity index (χ3n) is 0.683. The van der Waals surface area contributed by atoms with Gasteiger partial charge in [0.1, 0.15) is 0 Å². The standard InChI is InChI=1S/C4H9F2NO/c1-8-2-3(7)4(5)6/h3-4H,2,7H2,1H3/t3-/m1/s1. The van der Waals surface area contributed by atoms with Crippen LogP contribution in [0.5, 0.6) is 0 Å². The molecule has 50 valence electrons. The van der Waals surface area contributed by atoms with Crippen LogP contribution in [0.4, 0.5) is 8.78 Å². The van der Waals surface area contributed by atoms with E-state index in [1.54, 1.807) is 0 Å². The lowest BCUT2D eigenvalue weighted by atomic mass is 10.4. The second-order valence-corrected chi connectivity index (χ2v) is 1.45. The summed E-state index contributed by atoms with van der Waals surface area (Å²) in [6.45, 7) is -0.0856. The van der Waals surface area contributed by atoms with Gasteiger partial charge in [-0.15, -0.1) is 0 Å². The molecule has 8 heavy (non-hydrogen) atoms. The molecule has 0 aliphatic carbocycles. The summed E-state index contributed by atoms with van der Waals surface area (Å²) in [5.41, 5.74) is 4.85. The quantitative estimate of drug-likeness (QED) is 0.585. The van der Waals surface area contributed by atoms with Crippen molar-refractivity contribution >= 4 is 0 Å². The lowest BCUT2D eigenvalue weighted by Gasteiger charge is -2.06. The van der Waals surface area contributed by atoms with Crippen molar-refractivity contribution in [3.05, 3.63) is 0 Å². The zero-order valence-corrected chi connectivity index (χ0v) is 4.60. The van der Waals surface area contributed by atoms with E-state index in [-0.39, 0.29) is 6.61 Å². The zero-order chi connectivity index (χ0) is 6.57. The third-order valence-corrected chi connectivity index (χ3v) is 0.683. The monoisotopic (exact) mass is 125 g/mol. The minimum atomic E-state index is -2.48. The van der Waals surface area contributed by atoms with Crippen molar-refractivity contribution in [2.75, 3.05) is 13.7 Å². The number of ether oxygens (including phenoxy) is 1. The highest BCUT2D eigenvalue weighted by molar-refractivity contribution is 4.60. The van der Waals surface area contributed by atoms with E-state index >= 15 is 0 Å². The number of rotatable bonds is 3. The Morgan fingerprint density at radius 1 is 1.62 bits per heavy atom. The van der Waals surface area contributed by atoms with E-state index in [4.69, 9.17) is 5.73 Å². The number of alkyl halides is 2. The highest BCUT2D eigenvalue weighted by atomic mass is 19.3. The zero-order valence-electron chi connectivity index (χ0n) is 4.60. The summed E-state index contributed by atoms with van der Waals surface area (Å²) < 4.78 is 27.2. The Morgan fingerprint density at radius 3 is 2.25 bits per heavy atom. The van der Waals surface area contributed by atoms with Gasteiger partial charge >= 0.3 is 0 Å². The second-order valence-electron chi connectivity index (χ2n) is 1.45. The molecule has 0 aromatic heterocycles. The van der Waals surface area contributed by atoms with Crippen LogP contribution in [-0.2, 0) is 4.74 Å². The molecule has 0 unspecified atom stereocenters. The fourth-order valence-corrected chi connectivity index (χ4v) is 0.265. The molecule has 0 saturated carbocycles. The smallest absolute Gasteiger partial charge is 0.255 e. The van der Waals surface area contributed by atoms with E-state index < -0.39 is 12.5 Å².